The highest BCUT2D eigenvalue weighted by Crippen LogP contribution is 2.17. The molecule has 0 bridgehead atoms. The molecule has 0 aliphatic carbocycles. The Labute approximate surface area is 119 Å². The number of carbonyl (C=O) groups is 1. The van der Waals surface area contributed by atoms with Crippen LogP contribution in [0.3, 0.4) is 0 Å². The molecule has 0 aliphatic rings. The fourth-order valence-corrected chi connectivity index (χ4v) is 2.17. The fourth-order valence-electron chi connectivity index (χ4n) is 2.17. The Morgan fingerprint density at radius 1 is 1.30 bits per heavy atom. The Hall–Kier alpha value is -2.10. The van der Waals surface area contributed by atoms with E-state index in [1.807, 2.05) is 56.4 Å². The summed E-state index contributed by atoms with van der Waals surface area (Å²) < 4.78 is 1.70. The molecule has 1 heterocycles. The second-order valence-corrected chi connectivity index (χ2v) is 4.99. The van der Waals surface area contributed by atoms with Gasteiger partial charge in [0.1, 0.15) is 6.04 Å². The first kappa shape index (κ1) is 14.3. The lowest BCUT2D eigenvalue weighted by Crippen LogP contribution is -2.34. The van der Waals surface area contributed by atoms with Crippen LogP contribution < -0.4 is 5.32 Å². The van der Waals surface area contributed by atoms with Crippen molar-refractivity contribution in [2.45, 2.75) is 39.3 Å². The van der Waals surface area contributed by atoms with Crippen molar-refractivity contribution in [2.24, 2.45) is 0 Å². The van der Waals surface area contributed by atoms with Gasteiger partial charge in [-0.1, -0.05) is 37.3 Å². The first-order valence-electron chi connectivity index (χ1n) is 6.99. The zero-order valence-electron chi connectivity index (χ0n) is 12.2. The van der Waals surface area contributed by atoms with Crippen molar-refractivity contribution >= 4 is 5.91 Å². The summed E-state index contributed by atoms with van der Waals surface area (Å²) in [6.45, 7) is 5.85. The number of hydrogen-bond acceptors (Lipinski definition) is 2. The van der Waals surface area contributed by atoms with Gasteiger partial charge >= 0.3 is 0 Å². The minimum absolute atomic E-state index is 0.0104. The van der Waals surface area contributed by atoms with E-state index < -0.39 is 0 Å². The molecule has 106 valence electrons. The van der Waals surface area contributed by atoms with E-state index >= 15 is 0 Å². The van der Waals surface area contributed by atoms with Gasteiger partial charge in [0.05, 0.1) is 11.7 Å². The molecule has 0 saturated heterocycles. The molecular formula is C16H21N3O. The predicted molar refractivity (Wildman–Crippen MR) is 79.3 cm³/mol. The van der Waals surface area contributed by atoms with Gasteiger partial charge in [0, 0.05) is 6.20 Å². The fraction of sp³-hybridized carbons (Fsp3) is 0.375. The van der Waals surface area contributed by atoms with E-state index in [1.54, 1.807) is 4.68 Å². The van der Waals surface area contributed by atoms with Crippen LogP contribution in [0.4, 0.5) is 0 Å². The molecule has 0 aliphatic heterocycles. The van der Waals surface area contributed by atoms with Crippen LogP contribution in [0.25, 0.3) is 0 Å². The van der Waals surface area contributed by atoms with Crippen molar-refractivity contribution in [2.75, 3.05) is 0 Å². The minimum Gasteiger partial charge on any atom is -0.347 e. The molecule has 2 rings (SSSR count). The summed E-state index contributed by atoms with van der Waals surface area (Å²) in [4.78, 5) is 12.3. The molecule has 2 atom stereocenters. The molecule has 0 radical (unpaired) electrons. The van der Waals surface area contributed by atoms with E-state index in [-0.39, 0.29) is 18.0 Å². The lowest BCUT2D eigenvalue weighted by molar-refractivity contribution is -0.124. The Morgan fingerprint density at radius 2 is 2.00 bits per heavy atom. The van der Waals surface area contributed by atoms with Crippen molar-refractivity contribution in [1.29, 1.82) is 0 Å². The van der Waals surface area contributed by atoms with Gasteiger partial charge in [0.2, 0.25) is 5.91 Å². The lowest BCUT2D eigenvalue weighted by atomic mass is 10.0. The highest BCUT2D eigenvalue weighted by atomic mass is 16.2. The van der Waals surface area contributed by atoms with Crippen molar-refractivity contribution in [3.63, 3.8) is 0 Å². The molecule has 4 nitrogen and oxygen atoms in total. The number of nitrogens with one attached hydrogen (secondary N) is 1. The van der Waals surface area contributed by atoms with Crippen molar-refractivity contribution < 1.29 is 4.79 Å². The molecule has 20 heavy (non-hydrogen) atoms. The second-order valence-electron chi connectivity index (χ2n) is 4.99. The van der Waals surface area contributed by atoms with Crippen LogP contribution in [0.15, 0.2) is 42.6 Å². The van der Waals surface area contributed by atoms with Gasteiger partial charge in [0.15, 0.2) is 0 Å². The number of hydrogen-bond donors (Lipinski definition) is 1. The number of amides is 1. The van der Waals surface area contributed by atoms with Crippen LogP contribution in [0.1, 0.15) is 43.6 Å². The van der Waals surface area contributed by atoms with Gasteiger partial charge in [0.25, 0.3) is 0 Å². The number of rotatable bonds is 5. The third-order valence-corrected chi connectivity index (χ3v) is 3.44. The zero-order chi connectivity index (χ0) is 14.5. The topological polar surface area (TPSA) is 46.9 Å². The van der Waals surface area contributed by atoms with Crippen LogP contribution in [0.2, 0.25) is 0 Å². The lowest BCUT2D eigenvalue weighted by Gasteiger charge is -2.20. The molecule has 1 amide bonds. The monoisotopic (exact) mass is 271 g/mol. The van der Waals surface area contributed by atoms with Gasteiger partial charge in [-0.15, -0.1) is 0 Å². The van der Waals surface area contributed by atoms with Crippen molar-refractivity contribution in [1.82, 2.24) is 15.1 Å². The third kappa shape index (κ3) is 3.26. The van der Waals surface area contributed by atoms with Gasteiger partial charge in [-0.05, 0) is 31.9 Å². The summed E-state index contributed by atoms with van der Waals surface area (Å²) >= 11 is 0. The second kappa shape index (κ2) is 6.37. The number of nitrogens with zero attached hydrogens (tertiary/aromatic N) is 2. The SMILES string of the molecule is CCC(NC(=O)C(C)n1ccc(C)n1)c1ccccc1. The molecule has 0 spiro atoms. The average molecular weight is 271 g/mol. The van der Waals surface area contributed by atoms with E-state index in [0.717, 1.165) is 17.7 Å². The summed E-state index contributed by atoms with van der Waals surface area (Å²) in [6, 6.07) is 11.7. The maximum absolute atomic E-state index is 12.3. The standard InChI is InChI=1S/C16H21N3O/c1-4-15(14-8-6-5-7-9-14)17-16(20)13(3)19-11-10-12(2)18-19/h5-11,13,15H,4H2,1-3H3,(H,17,20). The van der Waals surface area contributed by atoms with Crippen LogP contribution in [0, 0.1) is 6.92 Å². The van der Waals surface area contributed by atoms with Crippen molar-refractivity contribution in [3.05, 3.63) is 53.9 Å². The summed E-state index contributed by atoms with van der Waals surface area (Å²) in [5, 5.41) is 7.38. The molecule has 1 aromatic heterocycles. The summed E-state index contributed by atoms with van der Waals surface area (Å²) in [7, 11) is 0. The quantitative estimate of drug-likeness (QED) is 0.908. The third-order valence-electron chi connectivity index (χ3n) is 3.44. The van der Waals surface area contributed by atoms with Gasteiger partial charge in [-0.25, -0.2) is 0 Å². The first-order valence-corrected chi connectivity index (χ1v) is 6.99. The molecule has 2 aromatic rings. The Morgan fingerprint density at radius 3 is 2.55 bits per heavy atom. The van der Waals surface area contributed by atoms with E-state index in [9.17, 15) is 4.79 Å². The number of aromatic nitrogens is 2. The van der Waals surface area contributed by atoms with Crippen LogP contribution in [-0.4, -0.2) is 15.7 Å². The predicted octanol–water partition coefficient (Wildman–Crippen LogP) is 3.02. The Kier molecular flexibility index (Phi) is 4.56. The van der Waals surface area contributed by atoms with Crippen LogP contribution in [0.5, 0.6) is 0 Å². The molecule has 1 aromatic carbocycles. The smallest absolute Gasteiger partial charge is 0.245 e. The summed E-state index contributed by atoms with van der Waals surface area (Å²) in [6.07, 6.45) is 2.70. The van der Waals surface area contributed by atoms with Crippen molar-refractivity contribution in [3.8, 4) is 0 Å². The molecule has 2 unspecified atom stereocenters. The average Bonchev–Trinajstić information content (AvgIpc) is 2.91. The number of aryl methyl sites for hydroxylation is 1. The molecule has 0 saturated carbocycles. The molecule has 4 heteroatoms. The Balaban J connectivity index is 2.06. The van der Waals surface area contributed by atoms with Gasteiger partial charge in [-0.3, -0.25) is 9.48 Å². The summed E-state index contributed by atoms with van der Waals surface area (Å²) in [5.41, 5.74) is 2.05. The largest absolute Gasteiger partial charge is 0.347 e. The molecule has 0 fully saturated rings. The zero-order valence-corrected chi connectivity index (χ0v) is 12.2. The molecular weight excluding hydrogens is 250 g/mol. The molecule has 1 N–H and O–H groups in total. The van der Waals surface area contributed by atoms with E-state index in [1.165, 1.54) is 0 Å². The van der Waals surface area contributed by atoms with E-state index in [4.69, 9.17) is 0 Å². The highest BCUT2D eigenvalue weighted by Gasteiger charge is 2.19. The van der Waals surface area contributed by atoms with Gasteiger partial charge in [-0.2, -0.15) is 5.10 Å². The summed E-state index contributed by atoms with van der Waals surface area (Å²) in [5.74, 6) is -0.0104. The first-order chi connectivity index (χ1) is 9.61. The highest BCUT2D eigenvalue weighted by molar-refractivity contribution is 5.80. The minimum atomic E-state index is -0.304. The Bertz CT molecular complexity index is 562. The normalized spacial score (nSPS) is 13.8. The van der Waals surface area contributed by atoms with Crippen LogP contribution >= 0.6 is 0 Å². The van der Waals surface area contributed by atoms with E-state index in [2.05, 4.69) is 17.3 Å². The van der Waals surface area contributed by atoms with Gasteiger partial charge < -0.3 is 5.32 Å². The van der Waals surface area contributed by atoms with E-state index in [0.29, 0.717) is 0 Å². The maximum Gasteiger partial charge on any atom is 0.245 e. The number of carbonyl (C=O) groups excluding carboxylic acids is 1. The number of benzene rings is 1. The maximum atomic E-state index is 12.3. The van der Waals surface area contributed by atoms with Crippen LogP contribution in [-0.2, 0) is 4.79 Å².